The highest BCUT2D eigenvalue weighted by molar-refractivity contribution is 6.12. The molecule has 2 nitrogen and oxygen atoms in total. The minimum absolute atomic E-state index is 0.148. The molecule has 0 N–H and O–H groups in total. The SMILES string of the molecule is CC1(C)c2cc(/C=C/c3ccc(-c4ccc5c(c4)c4ccccc4n5-c4ccccc4)cc3)ccc2-c2cc3c(cc21)-c1ccc(-c2ccc4c(c2)c2ccccc2n4-c2ccc(-c4ccccc4)cc2)cc1C3(C)C. The third-order valence-electron chi connectivity index (χ3n) is 17.1. The molecule has 0 unspecified atom stereocenters. The number of para-hydroxylation sites is 3. The summed E-state index contributed by atoms with van der Waals surface area (Å²) in [5, 5.41) is 5.07. The fraction of sp³-hybridized carbons (Fsp3) is 0.0811. The van der Waals surface area contributed by atoms with Gasteiger partial charge in [0.2, 0.25) is 0 Å². The molecule has 2 heterocycles. The van der Waals surface area contributed by atoms with Crippen molar-refractivity contribution >= 4 is 55.8 Å². The van der Waals surface area contributed by atoms with Gasteiger partial charge in [-0.05, 0) is 168 Å². The van der Waals surface area contributed by atoms with Crippen LogP contribution in [0.3, 0.4) is 0 Å². The molecule has 0 radical (unpaired) electrons. The summed E-state index contributed by atoms with van der Waals surface area (Å²) in [5.41, 5.74) is 27.7. The number of rotatable bonds is 7. The smallest absolute Gasteiger partial charge is 0.0541 e. The van der Waals surface area contributed by atoms with Crippen molar-refractivity contribution in [1.82, 2.24) is 9.13 Å². The van der Waals surface area contributed by atoms with Gasteiger partial charge in [-0.2, -0.15) is 0 Å². The lowest BCUT2D eigenvalue weighted by atomic mass is 9.79. The summed E-state index contributed by atoms with van der Waals surface area (Å²) in [4.78, 5) is 0. The van der Waals surface area contributed by atoms with Gasteiger partial charge >= 0.3 is 0 Å². The summed E-state index contributed by atoms with van der Waals surface area (Å²) < 4.78 is 4.79. The molecule has 0 amide bonds. The molecule has 0 saturated carbocycles. The Kier molecular flexibility index (Phi) is 9.69. The molecule has 0 fully saturated rings. The number of hydrogen-bond donors (Lipinski definition) is 0. The Morgan fingerprint density at radius 2 is 0.645 bits per heavy atom. The number of aromatic nitrogens is 2. The van der Waals surface area contributed by atoms with Gasteiger partial charge < -0.3 is 9.13 Å². The number of benzene rings is 11. The summed E-state index contributed by atoms with van der Waals surface area (Å²) in [6.07, 6.45) is 4.53. The van der Waals surface area contributed by atoms with E-state index in [-0.39, 0.29) is 10.8 Å². The van der Waals surface area contributed by atoms with Crippen molar-refractivity contribution in [3.8, 4) is 67.0 Å². The van der Waals surface area contributed by atoms with Crippen molar-refractivity contribution < 1.29 is 0 Å². The van der Waals surface area contributed by atoms with Gasteiger partial charge in [-0.25, -0.2) is 0 Å². The van der Waals surface area contributed by atoms with E-state index < -0.39 is 0 Å². The Hall–Kier alpha value is -9.24. The van der Waals surface area contributed by atoms with Crippen LogP contribution in [0.5, 0.6) is 0 Å². The topological polar surface area (TPSA) is 9.86 Å². The maximum atomic E-state index is 2.53. The van der Waals surface area contributed by atoms with Crippen molar-refractivity contribution in [2.45, 2.75) is 38.5 Å². The van der Waals surface area contributed by atoms with Crippen molar-refractivity contribution in [2.75, 3.05) is 0 Å². The molecule has 2 aromatic heterocycles. The lowest BCUT2D eigenvalue weighted by Crippen LogP contribution is -2.17. The molecule has 0 saturated heterocycles. The van der Waals surface area contributed by atoms with Gasteiger partial charge in [-0.3, -0.25) is 0 Å². The van der Waals surface area contributed by atoms with E-state index in [4.69, 9.17) is 0 Å². The fourth-order valence-electron chi connectivity index (χ4n) is 13.1. The van der Waals surface area contributed by atoms with Crippen LogP contribution < -0.4 is 0 Å². The van der Waals surface area contributed by atoms with Gasteiger partial charge in [-0.15, -0.1) is 0 Å². The second-order valence-corrected chi connectivity index (χ2v) is 22.1. The van der Waals surface area contributed by atoms with E-state index in [0.717, 1.165) is 0 Å². The van der Waals surface area contributed by atoms with Crippen LogP contribution in [0, 0.1) is 0 Å². The van der Waals surface area contributed by atoms with Crippen LogP contribution in [-0.2, 0) is 10.8 Å². The molecule has 13 aromatic rings. The Balaban J connectivity index is 0.704. The first kappa shape index (κ1) is 44.3. The Morgan fingerprint density at radius 1 is 0.263 bits per heavy atom. The highest BCUT2D eigenvalue weighted by Crippen LogP contribution is 2.57. The molecular formula is C74H54N2. The second kappa shape index (κ2) is 16.6. The zero-order chi connectivity index (χ0) is 50.9. The molecule has 11 aromatic carbocycles. The summed E-state index contributed by atoms with van der Waals surface area (Å²) in [6, 6.07) is 90.1. The first-order valence-corrected chi connectivity index (χ1v) is 26.7. The van der Waals surface area contributed by atoms with Crippen LogP contribution in [0.25, 0.3) is 123 Å². The van der Waals surface area contributed by atoms with E-state index >= 15 is 0 Å². The monoisotopic (exact) mass is 970 g/mol. The molecule has 0 atom stereocenters. The third-order valence-corrected chi connectivity index (χ3v) is 17.1. The van der Waals surface area contributed by atoms with E-state index in [1.54, 1.807) is 0 Å². The van der Waals surface area contributed by atoms with Crippen LogP contribution in [0.4, 0.5) is 0 Å². The molecule has 2 heteroatoms. The predicted octanol–water partition coefficient (Wildman–Crippen LogP) is 19.7. The summed E-state index contributed by atoms with van der Waals surface area (Å²) in [6.45, 7) is 9.65. The zero-order valence-corrected chi connectivity index (χ0v) is 43.1. The molecule has 0 aliphatic heterocycles. The maximum Gasteiger partial charge on any atom is 0.0541 e. The predicted molar refractivity (Wildman–Crippen MR) is 322 cm³/mol. The number of fused-ring (bicyclic) bond motifs is 12. The summed E-state index contributed by atoms with van der Waals surface area (Å²) >= 11 is 0. The normalized spacial score (nSPS) is 13.9. The summed E-state index contributed by atoms with van der Waals surface area (Å²) in [5.74, 6) is 0. The van der Waals surface area contributed by atoms with Crippen LogP contribution in [0.2, 0.25) is 0 Å². The van der Waals surface area contributed by atoms with Gasteiger partial charge in [0.15, 0.2) is 0 Å². The van der Waals surface area contributed by atoms with Gasteiger partial charge in [0, 0.05) is 43.7 Å². The third kappa shape index (κ3) is 6.73. The highest BCUT2D eigenvalue weighted by atomic mass is 15.0. The highest BCUT2D eigenvalue weighted by Gasteiger charge is 2.42. The standard InChI is InChI=1S/C74H54N2/c1-73(2)65-41-48(24-23-47-25-28-51(29-26-47)52-33-39-71-63(42-52)59-19-11-13-21-69(59)75(71)55-17-9-6-10-18-55)27-37-57(65)61-45-68-62(46-67(61)73)58-38-32-54(44-66(58)74(68,3)4)53-34-40-72-64(43-53)60-20-12-14-22-70(60)76(72)56-35-30-50(31-36-56)49-15-7-5-8-16-49/h5-46H,1-4H3/b24-23+. The van der Waals surface area contributed by atoms with E-state index in [9.17, 15) is 0 Å². The second-order valence-electron chi connectivity index (χ2n) is 22.1. The van der Waals surface area contributed by atoms with Crippen molar-refractivity contribution in [2.24, 2.45) is 0 Å². The average Bonchev–Trinajstić information content (AvgIpc) is 4.18. The number of nitrogens with zero attached hydrogens (tertiary/aromatic N) is 2. The van der Waals surface area contributed by atoms with Gasteiger partial charge in [0.05, 0.1) is 22.1 Å². The van der Waals surface area contributed by atoms with Crippen molar-refractivity contribution in [1.29, 1.82) is 0 Å². The average molecular weight is 971 g/mol. The largest absolute Gasteiger partial charge is 0.309 e. The van der Waals surface area contributed by atoms with E-state index in [1.807, 2.05) is 0 Å². The Morgan fingerprint density at radius 3 is 1.25 bits per heavy atom. The minimum Gasteiger partial charge on any atom is -0.309 e. The molecule has 2 aliphatic rings. The van der Waals surface area contributed by atoms with Crippen LogP contribution in [0.1, 0.15) is 61.1 Å². The van der Waals surface area contributed by atoms with Crippen molar-refractivity contribution in [3.05, 3.63) is 276 Å². The van der Waals surface area contributed by atoms with E-state index in [1.165, 1.54) is 144 Å². The molecule has 360 valence electrons. The van der Waals surface area contributed by atoms with E-state index in [0.29, 0.717) is 0 Å². The molecule has 2 aliphatic carbocycles. The Labute approximate surface area is 444 Å². The Bertz CT molecular complexity index is 4520. The fourth-order valence-corrected chi connectivity index (χ4v) is 13.1. The molecule has 0 bridgehead atoms. The molecule has 76 heavy (non-hydrogen) atoms. The maximum absolute atomic E-state index is 2.53. The number of hydrogen-bond acceptors (Lipinski definition) is 0. The molecular weight excluding hydrogens is 917 g/mol. The van der Waals surface area contributed by atoms with E-state index in [2.05, 4.69) is 292 Å². The molecule has 0 spiro atoms. The first-order chi connectivity index (χ1) is 37.2. The molecule has 15 rings (SSSR count). The van der Waals surface area contributed by atoms with Gasteiger partial charge in [-0.1, -0.05) is 204 Å². The zero-order valence-electron chi connectivity index (χ0n) is 43.1. The summed E-state index contributed by atoms with van der Waals surface area (Å²) in [7, 11) is 0. The van der Waals surface area contributed by atoms with Gasteiger partial charge in [0.1, 0.15) is 0 Å². The minimum atomic E-state index is -0.164. The van der Waals surface area contributed by atoms with Crippen LogP contribution in [0.15, 0.2) is 243 Å². The lowest BCUT2D eigenvalue weighted by molar-refractivity contribution is 0.652. The lowest BCUT2D eigenvalue weighted by Gasteiger charge is -2.24. The van der Waals surface area contributed by atoms with Crippen molar-refractivity contribution in [3.63, 3.8) is 0 Å². The van der Waals surface area contributed by atoms with Crippen LogP contribution in [-0.4, -0.2) is 9.13 Å². The van der Waals surface area contributed by atoms with Gasteiger partial charge in [0.25, 0.3) is 0 Å². The van der Waals surface area contributed by atoms with Crippen LogP contribution >= 0.6 is 0 Å². The quantitative estimate of drug-likeness (QED) is 0.141. The first-order valence-electron chi connectivity index (χ1n) is 26.7.